The summed E-state index contributed by atoms with van der Waals surface area (Å²) in [6, 6.07) is 5.05. The Morgan fingerprint density at radius 1 is 1.11 bits per heavy atom. The number of benzene rings is 1. The Morgan fingerprint density at radius 2 is 1.74 bits per heavy atom. The fourth-order valence-electron chi connectivity index (χ4n) is 2.39. The highest BCUT2D eigenvalue weighted by Gasteiger charge is 2.30. The van der Waals surface area contributed by atoms with Gasteiger partial charge in [-0.3, -0.25) is 0 Å². The largest absolute Gasteiger partial charge is 0.243 e. The summed E-state index contributed by atoms with van der Waals surface area (Å²) in [7, 11) is -3.49. The highest BCUT2D eigenvalue weighted by atomic mass is 32.2. The van der Waals surface area contributed by atoms with Gasteiger partial charge in [-0.1, -0.05) is 13.8 Å². The molecule has 0 aliphatic carbocycles. The minimum absolute atomic E-state index is 0.175. The van der Waals surface area contributed by atoms with Crippen molar-refractivity contribution in [1.29, 1.82) is 0 Å². The third-order valence-corrected chi connectivity index (χ3v) is 5.66. The van der Waals surface area contributed by atoms with Crippen LogP contribution in [-0.2, 0) is 10.0 Å². The van der Waals surface area contributed by atoms with Gasteiger partial charge in [0.15, 0.2) is 0 Å². The Kier molecular flexibility index (Phi) is 3.97. The molecule has 0 N–H and O–H groups in total. The average molecular weight is 285 g/mol. The fraction of sp³-hybridized carbons (Fsp3) is 0.571. The molecule has 0 bridgehead atoms. The summed E-state index contributed by atoms with van der Waals surface area (Å²) in [5, 5.41) is 0. The Labute approximate surface area is 114 Å². The second kappa shape index (κ2) is 5.21. The molecule has 106 valence electrons. The quantitative estimate of drug-likeness (QED) is 0.837. The molecule has 5 heteroatoms. The summed E-state index contributed by atoms with van der Waals surface area (Å²) >= 11 is 0. The molecule has 19 heavy (non-hydrogen) atoms. The van der Waals surface area contributed by atoms with Crippen LogP contribution in [0.1, 0.15) is 33.1 Å². The molecular weight excluding hydrogens is 265 g/mol. The first-order valence-electron chi connectivity index (χ1n) is 6.57. The zero-order chi connectivity index (χ0) is 14.1. The molecule has 3 nitrogen and oxygen atoms in total. The van der Waals surface area contributed by atoms with Gasteiger partial charge in [0.2, 0.25) is 10.0 Å². The van der Waals surface area contributed by atoms with Crippen LogP contribution in [0.3, 0.4) is 0 Å². The van der Waals surface area contributed by atoms with Crippen LogP contribution in [0.2, 0.25) is 0 Å². The van der Waals surface area contributed by atoms with Crippen molar-refractivity contribution in [2.45, 2.75) is 38.0 Å². The van der Waals surface area contributed by atoms with Crippen LogP contribution in [0.4, 0.5) is 4.39 Å². The maximum Gasteiger partial charge on any atom is 0.243 e. The standard InChI is InChI=1S/C14H20FNO2S/c1-14(2)8-3-10-16(11-9-14)19(17,18)13-6-4-12(15)5-7-13/h4-7H,3,8-11H2,1-2H3. The van der Waals surface area contributed by atoms with E-state index in [4.69, 9.17) is 0 Å². The third kappa shape index (κ3) is 3.34. The summed E-state index contributed by atoms with van der Waals surface area (Å²) in [5.41, 5.74) is 0.188. The fourth-order valence-corrected chi connectivity index (χ4v) is 3.87. The molecule has 0 amide bonds. The lowest BCUT2D eigenvalue weighted by atomic mass is 9.85. The molecule has 1 aliphatic heterocycles. The normalized spacial score (nSPS) is 21.0. The zero-order valence-electron chi connectivity index (χ0n) is 11.4. The SMILES string of the molecule is CC1(C)CCCN(S(=O)(=O)c2ccc(F)cc2)CC1. The van der Waals surface area contributed by atoms with Crippen LogP contribution in [0.5, 0.6) is 0 Å². The van der Waals surface area contributed by atoms with E-state index in [0.717, 1.165) is 19.3 Å². The minimum atomic E-state index is -3.49. The molecule has 0 saturated carbocycles. The van der Waals surface area contributed by atoms with Crippen molar-refractivity contribution in [3.8, 4) is 0 Å². The van der Waals surface area contributed by atoms with E-state index in [2.05, 4.69) is 13.8 Å². The third-order valence-electron chi connectivity index (χ3n) is 3.75. The van der Waals surface area contributed by atoms with Crippen molar-refractivity contribution >= 4 is 10.0 Å². The zero-order valence-corrected chi connectivity index (χ0v) is 12.2. The van der Waals surface area contributed by atoms with Gasteiger partial charge in [0.05, 0.1) is 4.90 Å². The molecule has 1 aliphatic rings. The Morgan fingerprint density at radius 3 is 2.37 bits per heavy atom. The minimum Gasteiger partial charge on any atom is -0.207 e. The number of halogens is 1. The lowest BCUT2D eigenvalue weighted by Gasteiger charge is -2.23. The van der Waals surface area contributed by atoms with E-state index in [1.165, 1.54) is 28.6 Å². The summed E-state index contributed by atoms with van der Waals surface area (Å²) in [4.78, 5) is 0.175. The molecule has 0 radical (unpaired) electrons. The van der Waals surface area contributed by atoms with Gasteiger partial charge in [0.25, 0.3) is 0 Å². The topological polar surface area (TPSA) is 37.4 Å². The van der Waals surface area contributed by atoms with Crippen LogP contribution >= 0.6 is 0 Å². The Hall–Kier alpha value is -0.940. The van der Waals surface area contributed by atoms with Gasteiger partial charge < -0.3 is 0 Å². The van der Waals surface area contributed by atoms with E-state index in [-0.39, 0.29) is 10.3 Å². The van der Waals surface area contributed by atoms with Crippen LogP contribution in [0.25, 0.3) is 0 Å². The van der Waals surface area contributed by atoms with Crippen molar-refractivity contribution in [3.63, 3.8) is 0 Å². The number of sulfonamides is 1. The van der Waals surface area contributed by atoms with Gasteiger partial charge in [-0.2, -0.15) is 4.31 Å². The van der Waals surface area contributed by atoms with E-state index in [0.29, 0.717) is 13.1 Å². The van der Waals surface area contributed by atoms with E-state index < -0.39 is 15.8 Å². The van der Waals surface area contributed by atoms with Crippen molar-refractivity contribution in [1.82, 2.24) is 4.31 Å². The summed E-state index contributed by atoms with van der Waals surface area (Å²) in [5.74, 6) is -0.420. The highest BCUT2D eigenvalue weighted by molar-refractivity contribution is 7.89. The monoisotopic (exact) mass is 285 g/mol. The van der Waals surface area contributed by atoms with E-state index in [1.807, 2.05) is 0 Å². The van der Waals surface area contributed by atoms with Gasteiger partial charge in [0, 0.05) is 13.1 Å². The highest BCUT2D eigenvalue weighted by Crippen LogP contribution is 2.31. The molecule has 1 fully saturated rings. The van der Waals surface area contributed by atoms with Crippen LogP contribution < -0.4 is 0 Å². The van der Waals surface area contributed by atoms with Crippen molar-refractivity contribution in [2.24, 2.45) is 5.41 Å². The predicted molar refractivity (Wildman–Crippen MR) is 72.8 cm³/mol. The molecule has 0 unspecified atom stereocenters. The lowest BCUT2D eigenvalue weighted by molar-refractivity contribution is 0.315. The van der Waals surface area contributed by atoms with Crippen molar-refractivity contribution in [2.75, 3.05) is 13.1 Å². The Bertz CT molecular complexity index is 537. The van der Waals surface area contributed by atoms with Crippen LogP contribution in [0, 0.1) is 11.2 Å². The van der Waals surface area contributed by atoms with Crippen LogP contribution in [0.15, 0.2) is 29.2 Å². The first kappa shape index (κ1) is 14.5. The number of rotatable bonds is 2. The molecule has 0 atom stereocenters. The molecular formula is C14H20FNO2S. The van der Waals surface area contributed by atoms with Crippen molar-refractivity contribution in [3.05, 3.63) is 30.1 Å². The first-order chi connectivity index (χ1) is 8.81. The number of nitrogens with zero attached hydrogens (tertiary/aromatic N) is 1. The second-order valence-electron chi connectivity index (χ2n) is 5.88. The molecule has 0 aromatic heterocycles. The van der Waals surface area contributed by atoms with E-state index >= 15 is 0 Å². The summed E-state index contributed by atoms with van der Waals surface area (Å²) < 4.78 is 39.3. The molecule has 1 aromatic carbocycles. The molecule has 1 aromatic rings. The maximum absolute atomic E-state index is 12.9. The second-order valence-corrected chi connectivity index (χ2v) is 7.81. The van der Waals surface area contributed by atoms with Gasteiger partial charge in [-0.25, -0.2) is 12.8 Å². The van der Waals surface area contributed by atoms with E-state index in [1.54, 1.807) is 0 Å². The summed E-state index contributed by atoms with van der Waals surface area (Å²) in [6.07, 6.45) is 2.75. The van der Waals surface area contributed by atoms with Crippen LogP contribution in [-0.4, -0.2) is 25.8 Å². The van der Waals surface area contributed by atoms with Crippen molar-refractivity contribution < 1.29 is 12.8 Å². The molecule has 2 rings (SSSR count). The summed E-state index contributed by atoms with van der Waals surface area (Å²) in [6.45, 7) is 5.41. The van der Waals surface area contributed by atoms with E-state index in [9.17, 15) is 12.8 Å². The lowest BCUT2D eigenvalue weighted by Crippen LogP contribution is -2.32. The maximum atomic E-state index is 12.9. The number of hydrogen-bond donors (Lipinski definition) is 0. The predicted octanol–water partition coefficient (Wildman–Crippen LogP) is 3.03. The molecule has 1 saturated heterocycles. The molecule has 0 spiro atoms. The smallest absolute Gasteiger partial charge is 0.207 e. The average Bonchev–Trinajstić information content (AvgIpc) is 2.51. The number of hydrogen-bond acceptors (Lipinski definition) is 2. The molecule has 1 heterocycles. The first-order valence-corrected chi connectivity index (χ1v) is 8.01. The van der Waals surface area contributed by atoms with Gasteiger partial charge in [-0.05, 0) is 48.9 Å². The van der Waals surface area contributed by atoms with Gasteiger partial charge >= 0.3 is 0 Å². The van der Waals surface area contributed by atoms with Gasteiger partial charge in [0.1, 0.15) is 5.82 Å². The Balaban J connectivity index is 2.22. The van der Waals surface area contributed by atoms with Gasteiger partial charge in [-0.15, -0.1) is 0 Å².